The highest BCUT2D eigenvalue weighted by Gasteiger charge is 2.40. The predicted octanol–water partition coefficient (Wildman–Crippen LogP) is 1.79. The molecule has 0 unspecified atom stereocenters. The molecule has 2 fully saturated rings. The normalized spacial score (nSPS) is 20.8. The maximum Gasteiger partial charge on any atom is 0.253 e. The van der Waals surface area contributed by atoms with Gasteiger partial charge >= 0.3 is 0 Å². The average Bonchev–Trinajstić information content (AvgIpc) is 3.52. The zero-order valence-corrected chi connectivity index (χ0v) is 17.9. The van der Waals surface area contributed by atoms with Crippen LogP contribution in [0.3, 0.4) is 0 Å². The van der Waals surface area contributed by atoms with Gasteiger partial charge in [0.1, 0.15) is 6.10 Å². The summed E-state index contributed by atoms with van der Waals surface area (Å²) in [7, 11) is 0. The lowest BCUT2D eigenvalue weighted by molar-refractivity contribution is -0.147. The Morgan fingerprint density at radius 2 is 2.28 bits per heavy atom. The molecule has 0 aromatic carbocycles. The van der Waals surface area contributed by atoms with Crippen molar-refractivity contribution in [2.24, 2.45) is 4.99 Å². The topological polar surface area (TPSA) is 79.1 Å². The molecule has 0 spiro atoms. The van der Waals surface area contributed by atoms with E-state index in [9.17, 15) is 4.79 Å². The first-order chi connectivity index (χ1) is 13.9. The molecule has 1 aliphatic heterocycles. The van der Waals surface area contributed by atoms with E-state index < -0.39 is 6.10 Å². The number of aliphatic hydroxyl groups is 1. The molecule has 0 radical (unpaired) electrons. The van der Waals surface area contributed by atoms with Crippen molar-refractivity contribution in [3.05, 3.63) is 35.3 Å². The zero-order chi connectivity index (χ0) is 21.0. The molecule has 2 heterocycles. The third-order valence-corrected chi connectivity index (χ3v) is 5.81. The summed E-state index contributed by atoms with van der Waals surface area (Å²) in [6.45, 7) is 13.2. The number of ether oxygens (including phenoxy) is 1. The molecule has 7 nitrogen and oxygen atoms in total. The summed E-state index contributed by atoms with van der Waals surface area (Å²) in [5, 5.41) is 12.3. The number of rotatable bonds is 9. The van der Waals surface area contributed by atoms with E-state index >= 15 is 0 Å². The molecule has 3 rings (SSSR count). The number of aryl methyl sites for hydroxylation is 2. The second kappa shape index (κ2) is 9.69. The first-order valence-electron chi connectivity index (χ1n) is 10.6. The monoisotopic (exact) mass is 402 g/mol. The van der Waals surface area contributed by atoms with Crippen LogP contribution >= 0.6 is 0 Å². The van der Waals surface area contributed by atoms with E-state index in [1.807, 2.05) is 18.0 Å². The fourth-order valence-corrected chi connectivity index (χ4v) is 3.85. The number of hydrogen-bond donors (Lipinski definition) is 2. The van der Waals surface area contributed by atoms with Crippen molar-refractivity contribution < 1.29 is 14.6 Å². The number of aromatic nitrogens is 1. The lowest BCUT2D eigenvalue weighted by Gasteiger charge is -2.34. The Hall–Kier alpha value is -1.96. The highest BCUT2D eigenvalue weighted by Crippen LogP contribution is 2.31. The molecule has 2 atom stereocenters. The molecular formula is C22H34N4O3. The van der Waals surface area contributed by atoms with Crippen LogP contribution in [0.5, 0.6) is 0 Å². The lowest BCUT2D eigenvalue weighted by Crippen LogP contribution is -2.52. The SMILES string of the molecule is C=C(N=Cc1c(C)cn(CCCO)c1C)[C@H](C)N(C(=O)[C@H]1CNCCO1)C1CC1. The number of nitrogens with one attached hydrogen (secondary N) is 1. The van der Waals surface area contributed by atoms with Crippen molar-refractivity contribution in [3.8, 4) is 0 Å². The van der Waals surface area contributed by atoms with Crippen LogP contribution in [0.1, 0.15) is 43.0 Å². The third-order valence-electron chi connectivity index (χ3n) is 5.81. The third kappa shape index (κ3) is 5.15. The largest absolute Gasteiger partial charge is 0.396 e. The first kappa shape index (κ1) is 21.7. The van der Waals surface area contributed by atoms with Gasteiger partial charge < -0.3 is 24.6 Å². The second-order valence-corrected chi connectivity index (χ2v) is 8.05. The van der Waals surface area contributed by atoms with Gasteiger partial charge in [-0.3, -0.25) is 9.79 Å². The smallest absolute Gasteiger partial charge is 0.253 e. The second-order valence-electron chi connectivity index (χ2n) is 8.05. The fourth-order valence-electron chi connectivity index (χ4n) is 3.85. The van der Waals surface area contributed by atoms with E-state index in [4.69, 9.17) is 9.84 Å². The molecule has 1 aromatic rings. The summed E-state index contributed by atoms with van der Waals surface area (Å²) >= 11 is 0. The van der Waals surface area contributed by atoms with Crippen LogP contribution in [-0.2, 0) is 16.1 Å². The van der Waals surface area contributed by atoms with Crippen molar-refractivity contribution >= 4 is 12.1 Å². The minimum Gasteiger partial charge on any atom is -0.396 e. The van der Waals surface area contributed by atoms with Crippen LogP contribution in [0.15, 0.2) is 23.5 Å². The lowest BCUT2D eigenvalue weighted by atomic mass is 10.1. The van der Waals surface area contributed by atoms with Crippen molar-refractivity contribution in [2.75, 3.05) is 26.3 Å². The summed E-state index contributed by atoms with van der Waals surface area (Å²) < 4.78 is 7.83. The fraction of sp³-hybridized carbons (Fsp3) is 0.636. The van der Waals surface area contributed by atoms with Gasteiger partial charge in [-0.15, -0.1) is 0 Å². The molecular weight excluding hydrogens is 368 g/mol. The Morgan fingerprint density at radius 3 is 2.90 bits per heavy atom. The van der Waals surface area contributed by atoms with Gasteiger partial charge in [0.05, 0.1) is 18.3 Å². The number of nitrogens with zero attached hydrogens (tertiary/aromatic N) is 3. The number of carbonyl (C=O) groups excluding carboxylic acids is 1. The van der Waals surface area contributed by atoms with E-state index in [1.165, 1.54) is 0 Å². The number of aliphatic imine (C=N–C) groups is 1. The average molecular weight is 403 g/mol. The molecule has 0 bridgehead atoms. The highest BCUT2D eigenvalue weighted by molar-refractivity contribution is 5.85. The Morgan fingerprint density at radius 1 is 1.52 bits per heavy atom. The number of amides is 1. The molecule has 1 amide bonds. The molecule has 1 saturated carbocycles. The quantitative estimate of drug-likeness (QED) is 0.617. The van der Waals surface area contributed by atoms with Crippen LogP contribution < -0.4 is 5.32 Å². The molecule has 2 N–H and O–H groups in total. The van der Waals surface area contributed by atoms with E-state index in [0.29, 0.717) is 18.8 Å². The van der Waals surface area contributed by atoms with Crippen molar-refractivity contribution in [3.63, 3.8) is 0 Å². The number of morpholine rings is 1. The number of carbonyl (C=O) groups is 1. The number of aliphatic hydroxyl groups excluding tert-OH is 1. The Bertz CT molecular complexity index is 760. The maximum atomic E-state index is 13.1. The van der Waals surface area contributed by atoms with Gasteiger partial charge in [0.15, 0.2) is 0 Å². The van der Waals surface area contributed by atoms with Crippen LogP contribution in [0.4, 0.5) is 0 Å². The minimum atomic E-state index is -0.423. The summed E-state index contributed by atoms with van der Waals surface area (Å²) in [6, 6.07) is 0.0897. The van der Waals surface area contributed by atoms with Crippen LogP contribution in [0.2, 0.25) is 0 Å². The zero-order valence-electron chi connectivity index (χ0n) is 17.9. The standard InChI is InChI=1S/C22H34N4O3/c1-15-14-25(9-5-10-27)18(4)20(15)12-24-16(2)17(3)26(19-6-7-19)22(28)21-13-23-8-11-29-21/h12,14,17,19,21,23,27H,2,5-11,13H2,1,3-4H3/t17-,21+/m0/s1. The first-order valence-corrected chi connectivity index (χ1v) is 10.6. The van der Waals surface area contributed by atoms with Crippen LogP contribution in [-0.4, -0.2) is 71.2 Å². The Balaban J connectivity index is 1.70. The van der Waals surface area contributed by atoms with Gasteiger partial charge in [0, 0.05) is 56.0 Å². The summed E-state index contributed by atoms with van der Waals surface area (Å²) in [6.07, 6.45) is 6.30. The van der Waals surface area contributed by atoms with Crippen LogP contribution in [0.25, 0.3) is 0 Å². The van der Waals surface area contributed by atoms with E-state index in [-0.39, 0.29) is 24.6 Å². The molecule has 1 aliphatic carbocycles. The Labute approximate surface area is 173 Å². The summed E-state index contributed by atoms with van der Waals surface area (Å²) in [5.41, 5.74) is 4.01. The highest BCUT2D eigenvalue weighted by atomic mass is 16.5. The van der Waals surface area contributed by atoms with Gasteiger partial charge in [-0.25, -0.2) is 0 Å². The predicted molar refractivity (Wildman–Crippen MR) is 114 cm³/mol. The molecule has 1 saturated heterocycles. The van der Waals surface area contributed by atoms with Crippen LogP contribution in [0, 0.1) is 13.8 Å². The van der Waals surface area contributed by atoms with E-state index in [0.717, 1.165) is 49.2 Å². The van der Waals surface area contributed by atoms with E-state index in [1.54, 1.807) is 0 Å². The summed E-state index contributed by atoms with van der Waals surface area (Å²) in [4.78, 5) is 19.6. The van der Waals surface area contributed by atoms with E-state index in [2.05, 4.69) is 41.5 Å². The number of hydrogen-bond acceptors (Lipinski definition) is 5. The van der Waals surface area contributed by atoms with Gasteiger partial charge in [-0.2, -0.15) is 0 Å². The molecule has 1 aromatic heterocycles. The Kier molecular flexibility index (Phi) is 7.27. The molecule has 7 heteroatoms. The van der Waals surface area contributed by atoms with Crippen molar-refractivity contribution in [2.45, 2.75) is 64.8 Å². The minimum absolute atomic E-state index is 0.0334. The molecule has 160 valence electrons. The molecule has 2 aliphatic rings. The summed E-state index contributed by atoms with van der Waals surface area (Å²) in [5.74, 6) is 0.0334. The van der Waals surface area contributed by atoms with Gasteiger partial charge in [-0.05, 0) is 45.6 Å². The maximum absolute atomic E-state index is 13.1. The van der Waals surface area contributed by atoms with Gasteiger partial charge in [0.25, 0.3) is 5.91 Å². The molecule has 29 heavy (non-hydrogen) atoms. The van der Waals surface area contributed by atoms with Gasteiger partial charge in [-0.1, -0.05) is 6.58 Å². The van der Waals surface area contributed by atoms with Crippen molar-refractivity contribution in [1.29, 1.82) is 0 Å². The van der Waals surface area contributed by atoms with Gasteiger partial charge in [0.2, 0.25) is 0 Å². The van der Waals surface area contributed by atoms with Crippen molar-refractivity contribution in [1.82, 2.24) is 14.8 Å².